The highest BCUT2D eigenvalue weighted by Gasteiger charge is 2.30. The van der Waals surface area contributed by atoms with Gasteiger partial charge in [0.1, 0.15) is 0 Å². The molecule has 3 rings (SSSR count). The van der Waals surface area contributed by atoms with Gasteiger partial charge in [-0.15, -0.1) is 11.3 Å². The lowest BCUT2D eigenvalue weighted by Crippen LogP contribution is -2.44. The Labute approximate surface area is 201 Å². The molecule has 1 aromatic carbocycles. The van der Waals surface area contributed by atoms with Gasteiger partial charge in [-0.05, 0) is 61.7 Å². The standard InChI is InChI=1S/C26H36N2O4S/c1-4-13-28(19-20-9-10-22(32-16-5-2)23(18-20)31-6-3)25(29)21-11-14-27(15-12-21)26(30)24-8-7-17-33-24/h7-10,17-18,21H,4-6,11-16,19H2,1-3H3. The molecule has 1 saturated heterocycles. The van der Waals surface area contributed by atoms with Gasteiger partial charge in [0.05, 0.1) is 18.1 Å². The first-order valence-electron chi connectivity index (χ1n) is 12.1. The summed E-state index contributed by atoms with van der Waals surface area (Å²) in [5.74, 6) is 1.70. The molecule has 0 aliphatic carbocycles. The molecule has 0 bridgehead atoms. The largest absolute Gasteiger partial charge is 0.490 e. The van der Waals surface area contributed by atoms with E-state index in [1.165, 1.54) is 11.3 Å². The zero-order valence-electron chi connectivity index (χ0n) is 20.0. The highest BCUT2D eigenvalue weighted by atomic mass is 32.1. The number of piperidine rings is 1. The van der Waals surface area contributed by atoms with Crippen molar-refractivity contribution < 1.29 is 19.1 Å². The molecule has 7 heteroatoms. The molecule has 0 unspecified atom stereocenters. The lowest BCUT2D eigenvalue weighted by molar-refractivity contribution is -0.137. The predicted octanol–water partition coefficient (Wildman–Crippen LogP) is 5.23. The fourth-order valence-corrected chi connectivity index (χ4v) is 4.84. The number of carbonyl (C=O) groups excluding carboxylic acids is 2. The molecule has 0 atom stereocenters. The van der Waals surface area contributed by atoms with Crippen LogP contribution >= 0.6 is 11.3 Å². The Bertz CT molecular complexity index is 892. The Kier molecular flexibility index (Phi) is 9.61. The van der Waals surface area contributed by atoms with Crippen molar-refractivity contribution in [1.82, 2.24) is 9.80 Å². The first-order chi connectivity index (χ1) is 16.1. The van der Waals surface area contributed by atoms with Crippen LogP contribution in [0.3, 0.4) is 0 Å². The van der Waals surface area contributed by atoms with Crippen molar-refractivity contribution in [2.75, 3.05) is 32.8 Å². The minimum absolute atomic E-state index is 0.0394. The zero-order valence-corrected chi connectivity index (χ0v) is 20.9. The van der Waals surface area contributed by atoms with Crippen LogP contribution in [0, 0.1) is 5.92 Å². The minimum Gasteiger partial charge on any atom is -0.490 e. The molecular formula is C26H36N2O4S. The van der Waals surface area contributed by atoms with Crippen LogP contribution in [0.1, 0.15) is 61.7 Å². The van der Waals surface area contributed by atoms with Crippen molar-refractivity contribution >= 4 is 23.2 Å². The number of amides is 2. The van der Waals surface area contributed by atoms with Gasteiger partial charge in [0.2, 0.25) is 5.91 Å². The summed E-state index contributed by atoms with van der Waals surface area (Å²) in [6.45, 7) is 9.86. The second kappa shape index (κ2) is 12.6. The van der Waals surface area contributed by atoms with Crippen LogP contribution in [0.2, 0.25) is 0 Å². The average Bonchev–Trinajstić information content (AvgIpc) is 3.38. The molecule has 180 valence electrons. The highest BCUT2D eigenvalue weighted by molar-refractivity contribution is 7.12. The van der Waals surface area contributed by atoms with E-state index in [1.54, 1.807) is 0 Å². The van der Waals surface area contributed by atoms with E-state index in [0.717, 1.165) is 34.8 Å². The van der Waals surface area contributed by atoms with Crippen LogP contribution in [0.25, 0.3) is 0 Å². The summed E-state index contributed by atoms with van der Waals surface area (Å²) in [4.78, 5) is 30.6. The number of ether oxygens (including phenoxy) is 2. The third-order valence-corrected chi connectivity index (χ3v) is 6.67. The number of carbonyl (C=O) groups is 2. The molecule has 6 nitrogen and oxygen atoms in total. The number of hydrogen-bond donors (Lipinski definition) is 0. The van der Waals surface area contributed by atoms with Crippen molar-refractivity contribution in [3.8, 4) is 11.5 Å². The second-order valence-corrected chi connectivity index (χ2v) is 9.31. The van der Waals surface area contributed by atoms with Gasteiger partial charge in [-0.2, -0.15) is 0 Å². The molecule has 0 spiro atoms. The maximum atomic E-state index is 13.4. The monoisotopic (exact) mass is 472 g/mol. The van der Waals surface area contributed by atoms with Crippen LogP contribution < -0.4 is 9.47 Å². The molecule has 1 aliphatic rings. The van der Waals surface area contributed by atoms with Gasteiger partial charge < -0.3 is 19.3 Å². The van der Waals surface area contributed by atoms with Crippen molar-refractivity contribution in [2.24, 2.45) is 5.92 Å². The summed E-state index contributed by atoms with van der Waals surface area (Å²) in [7, 11) is 0. The minimum atomic E-state index is -0.0394. The molecule has 33 heavy (non-hydrogen) atoms. The Balaban J connectivity index is 1.63. The third kappa shape index (κ3) is 6.73. The number of likely N-dealkylation sites (tertiary alicyclic amines) is 1. The SMILES string of the molecule is CCCOc1ccc(CN(CCC)C(=O)C2CCN(C(=O)c3cccs3)CC2)cc1OCC. The summed E-state index contributed by atoms with van der Waals surface area (Å²) < 4.78 is 11.6. The number of hydrogen-bond acceptors (Lipinski definition) is 5. The lowest BCUT2D eigenvalue weighted by atomic mass is 9.94. The van der Waals surface area contributed by atoms with Gasteiger partial charge in [-0.25, -0.2) is 0 Å². The van der Waals surface area contributed by atoms with E-state index in [-0.39, 0.29) is 17.7 Å². The Hall–Kier alpha value is -2.54. The van der Waals surface area contributed by atoms with E-state index in [4.69, 9.17) is 9.47 Å². The van der Waals surface area contributed by atoms with E-state index in [0.29, 0.717) is 52.2 Å². The molecule has 2 amide bonds. The Morgan fingerprint density at radius 2 is 1.85 bits per heavy atom. The summed E-state index contributed by atoms with van der Waals surface area (Å²) in [6, 6.07) is 9.72. The van der Waals surface area contributed by atoms with Crippen LogP contribution in [-0.4, -0.2) is 54.5 Å². The third-order valence-electron chi connectivity index (χ3n) is 5.81. The lowest BCUT2D eigenvalue weighted by Gasteiger charge is -2.34. The van der Waals surface area contributed by atoms with E-state index in [1.807, 2.05) is 52.4 Å². The molecule has 0 radical (unpaired) electrons. The topological polar surface area (TPSA) is 59.1 Å². The van der Waals surface area contributed by atoms with Crippen molar-refractivity contribution in [2.45, 2.75) is 53.0 Å². The van der Waals surface area contributed by atoms with Gasteiger partial charge in [0, 0.05) is 32.1 Å². The molecule has 1 aliphatic heterocycles. The van der Waals surface area contributed by atoms with Gasteiger partial charge in [0.25, 0.3) is 5.91 Å². The normalized spacial score (nSPS) is 14.2. The number of nitrogens with zero attached hydrogens (tertiary/aromatic N) is 2. The summed E-state index contributed by atoms with van der Waals surface area (Å²) >= 11 is 1.47. The quantitative estimate of drug-likeness (QED) is 0.450. The van der Waals surface area contributed by atoms with E-state index in [2.05, 4.69) is 13.8 Å². The first-order valence-corrected chi connectivity index (χ1v) is 12.9. The second-order valence-electron chi connectivity index (χ2n) is 8.37. The van der Waals surface area contributed by atoms with Gasteiger partial charge >= 0.3 is 0 Å². The fourth-order valence-electron chi connectivity index (χ4n) is 4.15. The molecule has 0 saturated carbocycles. The summed E-state index contributed by atoms with van der Waals surface area (Å²) in [6.07, 6.45) is 3.26. The van der Waals surface area contributed by atoms with Crippen molar-refractivity contribution in [3.05, 3.63) is 46.2 Å². The highest BCUT2D eigenvalue weighted by Crippen LogP contribution is 2.30. The molecule has 2 aromatic rings. The molecule has 0 N–H and O–H groups in total. The maximum absolute atomic E-state index is 13.4. The van der Waals surface area contributed by atoms with Crippen molar-refractivity contribution in [3.63, 3.8) is 0 Å². The summed E-state index contributed by atoms with van der Waals surface area (Å²) in [5.41, 5.74) is 1.04. The Morgan fingerprint density at radius 3 is 2.48 bits per heavy atom. The number of benzene rings is 1. The maximum Gasteiger partial charge on any atom is 0.263 e. The summed E-state index contributed by atoms with van der Waals surface area (Å²) in [5, 5.41) is 1.92. The zero-order chi connectivity index (χ0) is 23.6. The van der Waals surface area contributed by atoms with Crippen molar-refractivity contribution in [1.29, 1.82) is 0 Å². The number of thiophene rings is 1. The first kappa shape index (κ1) is 25.1. The smallest absolute Gasteiger partial charge is 0.263 e. The average molecular weight is 473 g/mol. The fraction of sp³-hybridized carbons (Fsp3) is 0.538. The van der Waals surface area contributed by atoms with Crippen LogP contribution in [0.15, 0.2) is 35.7 Å². The van der Waals surface area contributed by atoms with E-state index in [9.17, 15) is 9.59 Å². The van der Waals surface area contributed by atoms with E-state index >= 15 is 0 Å². The van der Waals surface area contributed by atoms with Crippen LogP contribution in [-0.2, 0) is 11.3 Å². The Morgan fingerprint density at radius 1 is 1.06 bits per heavy atom. The predicted molar refractivity (Wildman–Crippen MR) is 132 cm³/mol. The molecule has 2 heterocycles. The van der Waals surface area contributed by atoms with Crippen LogP contribution in [0.5, 0.6) is 11.5 Å². The molecule has 1 fully saturated rings. The van der Waals surface area contributed by atoms with Gasteiger partial charge in [0.15, 0.2) is 11.5 Å². The van der Waals surface area contributed by atoms with Gasteiger partial charge in [-0.1, -0.05) is 26.0 Å². The number of rotatable bonds is 11. The molecule has 1 aromatic heterocycles. The van der Waals surface area contributed by atoms with E-state index < -0.39 is 0 Å². The van der Waals surface area contributed by atoms with Crippen LogP contribution in [0.4, 0.5) is 0 Å². The molecular weight excluding hydrogens is 436 g/mol. The van der Waals surface area contributed by atoms with Gasteiger partial charge in [-0.3, -0.25) is 9.59 Å².